The van der Waals surface area contributed by atoms with Crippen LogP contribution in [0.3, 0.4) is 0 Å². The highest BCUT2D eigenvalue weighted by atomic mass is 32.1. The van der Waals surface area contributed by atoms with E-state index in [2.05, 4.69) is 44.3 Å². The summed E-state index contributed by atoms with van der Waals surface area (Å²) in [7, 11) is 0. The Morgan fingerprint density at radius 3 is 2.61 bits per heavy atom. The normalized spacial score (nSPS) is 22.2. The number of nitrogen functional groups attached to an aromatic ring is 1. The summed E-state index contributed by atoms with van der Waals surface area (Å²) in [6, 6.07) is 0.928. The van der Waals surface area contributed by atoms with Gasteiger partial charge in [-0.05, 0) is 62.3 Å². The van der Waals surface area contributed by atoms with Gasteiger partial charge in [0, 0.05) is 48.9 Å². The predicted molar refractivity (Wildman–Crippen MR) is 177 cm³/mol. The van der Waals surface area contributed by atoms with Crippen LogP contribution in [0.4, 0.5) is 11.1 Å². The third-order valence-electron chi connectivity index (χ3n) is 10.1. The van der Waals surface area contributed by atoms with Gasteiger partial charge in [-0.1, -0.05) is 33.1 Å². The van der Waals surface area contributed by atoms with Crippen molar-refractivity contribution in [3.63, 3.8) is 0 Å². The number of thiazole rings is 1. The van der Waals surface area contributed by atoms with Crippen LogP contribution in [0.2, 0.25) is 0 Å². The molecule has 1 saturated carbocycles. The number of aromatic nitrogens is 5. The average molecular weight is 648 g/mol. The van der Waals surface area contributed by atoms with E-state index in [0.717, 1.165) is 68.1 Å². The number of rotatable bonds is 7. The van der Waals surface area contributed by atoms with E-state index in [1.807, 2.05) is 10.1 Å². The quantitative estimate of drug-likeness (QED) is 0.333. The van der Waals surface area contributed by atoms with Crippen molar-refractivity contribution < 1.29 is 14.3 Å². The zero-order valence-corrected chi connectivity index (χ0v) is 27.7. The summed E-state index contributed by atoms with van der Waals surface area (Å²) in [5, 5.41) is 13.3. The van der Waals surface area contributed by atoms with Crippen LogP contribution >= 0.6 is 11.3 Å². The van der Waals surface area contributed by atoms with Crippen molar-refractivity contribution in [2.45, 2.75) is 115 Å². The van der Waals surface area contributed by atoms with Gasteiger partial charge in [0.05, 0.1) is 23.5 Å². The van der Waals surface area contributed by atoms with Crippen molar-refractivity contribution in [2.75, 3.05) is 30.7 Å². The number of carbonyl (C=O) groups excluding carboxylic acids is 2. The molecule has 2 amide bonds. The number of likely N-dealkylation sites (tertiary alicyclic amines) is 1. The molecule has 4 aliphatic rings. The smallest absolute Gasteiger partial charge is 0.278 e. The molecule has 2 aliphatic carbocycles. The largest absolute Gasteiger partial charge is 0.368 e. The minimum absolute atomic E-state index is 0.0266. The summed E-state index contributed by atoms with van der Waals surface area (Å²) in [5.41, 5.74) is 9.82. The van der Waals surface area contributed by atoms with E-state index in [-0.39, 0.29) is 36.5 Å². The van der Waals surface area contributed by atoms with Crippen LogP contribution in [0.25, 0.3) is 11.4 Å². The molecule has 3 aromatic heterocycles. The van der Waals surface area contributed by atoms with E-state index in [0.29, 0.717) is 35.2 Å². The lowest BCUT2D eigenvalue weighted by atomic mass is 9.73. The van der Waals surface area contributed by atoms with Gasteiger partial charge < -0.3 is 20.7 Å². The molecule has 246 valence electrons. The van der Waals surface area contributed by atoms with Crippen LogP contribution in [-0.4, -0.2) is 73.2 Å². The molecule has 13 heteroatoms. The topological polar surface area (TPSA) is 153 Å². The van der Waals surface area contributed by atoms with Gasteiger partial charge in [-0.15, -0.1) is 11.3 Å². The Balaban J connectivity index is 1.04. The zero-order valence-electron chi connectivity index (χ0n) is 26.9. The Morgan fingerprint density at radius 1 is 1.07 bits per heavy atom. The van der Waals surface area contributed by atoms with Crippen molar-refractivity contribution in [1.29, 1.82) is 0 Å². The second kappa shape index (κ2) is 13.0. The van der Waals surface area contributed by atoms with Gasteiger partial charge in [0.2, 0.25) is 11.9 Å². The zero-order chi connectivity index (χ0) is 31.8. The number of anilines is 2. The first-order chi connectivity index (χ1) is 22.2. The number of nitrogens with two attached hydrogens (primary N) is 1. The SMILES string of the molecule is CC1(C)Cc2cnc(N)nc2-c2c1c(C(=O)Nc1nc(CC(=O)NC3CCN(C4CCCCC4)CC3)cs1)nn2C1CCCCO1. The molecule has 3 fully saturated rings. The summed E-state index contributed by atoms with van der Waals surface area (Å²) in [6.07, 6.45) is 13.8. The van der Waals surface area contributed by atoms with Gasteiger partial charge in [-0.2, -0.15) is 5.10 Å². The summed E-state index contributed by atoms with van der Waals surface area (Å²) >= 11 is 1.31. The molecule has 2 saturated heterocycles. The van der Waals surface area contributed by atoms with Gasteiger partial charge in [0.15, 0.2) is 17.1 Å². The van der Waals surface area contributed by atoms with Gasteiger partial charge in [-0.3, -0.25) is 14.9 Å². The van der Waals surface area contributed by atoms with Crippen molar-refractivity contribution in [3.05, 3.63) is 34.1 Å². The molecule has 0 bridgehead atoms. The predicted octanol–water partition coefficient (Wildman–Crippen LogP) is 4.62. The Hall–Kier alpha value is -3.42. The van der Waals surface area contributed by atoms with E-state index < -0.39 is 5.41 Å². The third-order valence-corrected chi connectivity index (χ3v) is 10.9. The molecule has 2 aliphatic heterocycles. The maximum absolute atomic E-state index is 13.9. The molecule has 12 nitrogen and oxygen atoms in total. The first-order valence-corrected chi connectivity index (χ1v) is 17.8. The van der Waals surface area contributed by atoms with Crippen LogP contribution in [0.1, 0.15) is 112 Å². The van der Waals surface area contributed by atoms with E-state index in [4.69, 9.17) is 15.6 Å². The molecule has 5 heterocycles. The van der Waals surface area contributed by atoms with Crippen LogP contribution in [-0.2, 0) is 27.8 Å². The van der Waals surface area contributed by atoms with Crippen LogP contribution in [0.5, 0.6) is 0 Å². The summed E-state index contributed by atoms with van der Waals surface area (Å²) in [6.45, 7) is 6.96. The number of hydrogen-bond donors (Lipinski definition) is 3. The fraction of sp³-hybridized carbons (Fsp3) is 0.636. The molecule has 0 aromatic carbocycles. The average Bonchev–Trinajstić information content (AvgIpc) is 3.68. The summed E-state index contributed by atoms with van der Waals surface area (Å²) < 4.78 is 7.95. The molecule has 4 N–H and O–H groups in total. The molecule has 1 atom stereocenters. The fourth-order valence-corrected chi connectivity index (χ4v) is 8.51. The van der Waals surface area contributed by atoms with Crippen LogP contribution in [0, 0.1) is 0 Å². The molecule has 7 rings (SSSR count). The highest BCUT2D eigenvalue weighted by Gasteiger charge is 2.42. The minimum Gasteiger partial charge on any atom is -0.368 e. The molecular formula is C33H45N9O3S. The van der Waals surface area contributed by atoms with E-state index >= 15 is 0 Å². The highest BCUT2D eigenvalue weighted by Crippen LogP contribution is 2.46. The monoisotopic (exact) mass is 647 g/mol. The maximum atomic E-state index is 13.9. The minimum atomic E-state index is -0.417. The third kappa shape index (κ3) is 6.41. The Morgan fingerprint density at radius 2 is 1.85 bits per heavy atom. The van der Waals surface area contributed by atoms with Crippen molar-refractivity contribution in [1.82, 2.24) is 34.9 Å². The number of piperidine rings is 1. The number of nitrogens with one attached hydrogen (secondary N) is 2. The lowest BCUT2D eigenvalue weighted by Gasteiger charge is -2.39. The maximum Gasteiger partial charge on any atom is 0.278 e. The number of amides is 2. The van der Waals surface area contributed by atoms with Gasteiger partial charge in [0.25, 0.3) is 5.91 Å². The molecule has 1 unspecified atom stereocenters. The number of hydrogen-bond acceptors (Lipinski definition) is 10. The number of carbonyl (C=O) groups is 2. The lowest BCUT2D eigenvalue weighted by Crippen LogP contribution is -2.48. The fourth-order valence-electron chi connectivity index (χ4n) is 7.81. The first-order valence-electron chi connectivity index (χ1n) is 16.9. The Kier molecular flexibility index (Phi) is 8.81. The van der Waals surface area contributed by atoms with E-state index in [9.17, 15) is 9.59 Å². The van der Waals surface area contributed by atoms with Gasteiger partial charge in [0.1, 0.15) is 0 Å². The van der Waals surface area contributed by atoms with Crippen LogP contribution < -0.4 is 16.4 Å². The summed E-state index contributed by atoms with van der Waals surface area (Å²) in [4.78, 5) is 42.9. The highest BCUT2D eigenvalue weighted by molar-refractivity contribution is 7.14. The molecule has 46 heavy (non-hydrogen) atoms. The van der Waals surface area contributed by atoms with Crippen LogP contribution in [0.15, 0.2) is 11.6 Å². The van der Waals surface area contributed by atoms with Gasteiger partial charge >= 0.3 is 0 Å². The Bertz CT molecular complexity index is 1580. The Labute approximate surface area is 273 Å². The molecule has 0 spiro atoms. The number of ether oxygens (including phenoxy) is 1. The van der Waals surface area contributed by atoms with E-state index in [1.54, 1.807) is 6.20 Å². The van der Waals surface area contributed by atoms with Crippen molar-refractivity contribution in [2.24, 2.45) is 0 Å². The lowest BCUT2D eigenvalue weighted by molar-refractivity contribution is -0.121. The second-order valence-electron chi connectivity index (χ2n) is 13.9. The summed E-state index contributed by atoms with van der Waals surface area (Å²) in [5.74, 6) is -0.197. The van der Waals surface area contributed by atoms with E-state index in [1.165, 1.54) is 43.4 Å². The molecule has 0 radical (unpaired) electrons. The molecule has 3 aromatic rings. The standard InChI is InChI=1S/C33H45N9O3S/c1-33(2)17-20-18-35-31(34)38-27(20)29-26(33)28(40-42(29)25-10-6-7-15-45-25)30(44)39-32-37-22(19-46-32)16-24(43)36-21-11-13-41(14-12-21)23-8-4-3-5-9-23/h18-19,21,23,25H,3-17H2,1-2H3,(H,36,43)(H2,34,35,38)(H,37,39,44). The van der Waals surface area contributed by atoms with Gasteiger partial charge in [-0.25, -0.2) is 19.6 Å². The number of nitrogens with zero attached hydrogens (tertiary/aromatic N) is 6. The number of fused-ring (bicyclic) bond motifs is 3. The first kappa shape index (κ1) is 31.2. The van der Waals surface area contributed by atoms with Crippen molar-refractivity contribution >= 4 is 34.2 Å². The molecular weight excluding hydrogens is 602 g/mol. The van der Waals surface area contributed by atoms with Crippen molar-refractivity contribution in [3.8, 4) is 11.4 Å². The second-order valence-corrected chi connectivity index (χ2v) is 14.8.